The van der Waals surface area contributed by atoms with Crippen LogP contribution in [0.15, 0.2) is 194 Å². The summed E-state index contributed by atoms with van der Waals surface area (Å²) in [7, 11) is 0. The van der Waals surface area contributed by atoms with Crippen LogP contribution in [-0.4, -0.2) is 9.13 Å². The molecule has 0 unspecified atom stereocenters. The molecular weight excluding hydrogens is 1390 g/mol. The Morgan fingerprint density at radius 2 is 0.757 bits per heavy atom. The highest BCUT2D eigenvalue weighted by atomic mass is 35.5. The van der Waals surface area contributed by atoms with Crippen molar-refractivity contribution in [3.63, 3.8) is 0 Å². The summed E-state index contributed by atoms with van der Waals surface area (Å²) in [6.45, 7) is 62.8. The fourth-order valence-electron chi connectivity index (χ4n) is 18.8. The van der Waals surface area contributed by atoms with E-state index >= 15 is 0 Å². The van der Waals surface area contributed by atoms with Crippen LogP contribution in [0, 0.1) is 20.8 Å². The van der Waals surface area contributed by atoms with Crippen LogP contribution in [0.3, 0.4) is 0 Å². The number of nitrogens with one attached hydrogen (secondary N) is 1. The van der Waals surface area contributed by atoms with E-state index in [0.717, 1.165) is 34.2 Å². The number of benzene rings is 10. The van der Waals surface area contributed by atoms with Gasteiger partial charge in [0, 0.05) is 82.6 Å². The van der Waals surface area contributed by atoms with Crippen molar-refractivity contribution in [1.29, 1.82) is 0 Å². The molecule has 6 heteroatoms. The van der Waals surface area contributed by atoms with Gasteiger partial charge in [-0.25, -0.2) is 0 Å². The summed E-state index contributed by atoms with van der Waals surface area (Å²) >= 11 is 13.8. The van der Waals surface area contributed by atoms with Crippen LogP contribution in [-0.2, 0) is 54.1 Å². The number of nitrogens with zero attached hydrogens (tertiary/aromatic N) is 3. The van der Waals surface area contributed by atoms with Crippen LogP contribution in [0.1, 0.15) is 275 Å². The Morgan fingerprint density at radius 1 is 0.351 bits per heavy atom. The van der Waals surface area contributed by atoms with E-state index in [-0.39, 0.29) is 54.1 Å². The topological polar surface area (TPSA) is 25.1 Å². The first-order chi connectivity index (χ1) is 51.6. The number of fused-ring (bicyclic) bond motifs is 12. The molecule has 0 spiro atoms. The molecule has 576 valence electrons. The third kappa shape index (κ3) is 14.2. The lowest BCUT2D eigenvalue weighted by Gasteiger charge is -2.43. The van der Waals surface area contributed by atoms with Crippen molar-refractivity contribution in [2.75, 3.05) is 10.2 Å². The Labute approximate surface area is 676 Å². The quantitative estimate of drug-likeness (QED) is 0.172. The van der Waals surface area contributed by atoms with E-state index in [4.69, 9.17) is 23.2 Å². The molecule has 0 atom stereocenters. The molecule has 0 aliphatic heterocycles. The average molecular weight is 1510 g/mol. The molecule has 2 aromatic heterocycles. The van der Waals surface area contributed by atoms with Crippen LogP contribution in [0.5, 0.6) is 0 Å². The van der Waals surface area contributed by atoms with Gasteiger partial charge in [-0.05, 0) is 270 Å². The van der Waals surface area contributed by atoms with Crippen LogP contribution in [0.25, 0.3) is 55.7 Å². The van der Waals surface area contributed by atoms with Gasteiger partial charge < -0.3 is 19.4 Å². The molecule has 0 amide bonds. The molecule has 0 radical (unpaired) electrons. The first-order valence-corrected chi connectivity index (χ1v) is 41.6. The summed E-state index contributed by atoms with van der Waals surface area (Å²) in [5.74, 6) is 0. The number of halogens is 2. The first-order valence-electron chi connectivity index (χ1n) is 40.9. The smallest absolute Gasteiger partial charge is 0.0585 e. The van der Waals surface area contributed by atoms with Crippen LogP contribution in [0.2, 0.25) is 10.0 Å². The maximum absolute atomic E-state index is 7.33. The summed E-state index contributed by atoms with van der Waals surface area (Å²) < 4.78 is 4.92. The number of hydrogen-bond acceptors (Lipinski definition) is 2. The largest absolute Gasteiger partial charge is 0.355 e. The van der Waals surface area contributed by atoms with Gasteiger partial charge in [0.15, 0.2) is 0 Å². The third-order valence-electron chi connectivity index (χ3n) is 25.9. The van der Waals surface area contributed by atoms with E-state index in [1.54, 1.807) is 0 Å². The van der Waals surface area contributed by atoms with Crippen molar-refractivity contribution in [1.82, 2.24) is 9.13 Å². The van der Waals surface area contributed by atoms with E-state index in [0.29, 0.717) is 5.02 Å². The molecule has 1 N–H and O–H groups in total. The van der Waals surface area contributed by atoms with Gasteiger partial charge in [-0.3, -0.25) is 0 Å². The van der Waals surface area contributed by atoms with Gasteiger partial charge in [-0.2, -0.15) is 0 Å². The second-order valence-electron chi connectivity index (χ2n) is 41.1. The highest BCUT2D eigenvalue weighted by molar-refractivity contribution is 6.31. The molecule has 16 rings (SSSR count). The second-order valence-corrected chi connectivity index (χ2v) is 42.0. The highest BCUT2D eigenvalue weighted by Gasteiger charge is 2.45. The van der Waals surface area contributed by atoms with Crippen LogP contribution >= 0.6 is 23.2 Å². The fourth-order valence-corrected chi connectivity index (χ4v) is 19.3. The van der Waals surface area contributed by atoms with Crippen molar-refractivity contribution in [3.8, 4) is 33.9 Å². The molecule has 4 aliphatic rings. The van der Waals surface area contributed by atoms with Gasteiger partial charge in [0.05, 0.1) is 22.4 Å². The Kier molecular flexibility index (Phi) is 19.5. The van der Waals surface area contributed by atoms with Crippen molar-refractivity contribution in [2.45, 2.75) is 267 Å². The van der Waals surface area contributed by atoms with E-state index in [2.05, 4.69) is 394 Å². The minimum atomic E-state index is -0.159. The summed E-state index contributed by atoms with van der Waals surface area (Å²) in [5, 5.41) is 7.85. The molecule has 2 heterocycles. The van der Waals surface area contributed by atoms with Crippen LogP contribution in [0.4, 0.5) is 28.4 Å². The lowest BCUT2D eigenvalue weighted by atomic mass is 9.63. The number of aryl methyl sites for hydroxylation is 3. The predicted molar refractivity (Wildman–Crippen MR) is 482 cm³/mol. The third-order valence-corrected chi connectivity index (χ3v) is 26.3. The molecule has 111 heavy (non-hydrogen) atoms. The Hall–Kier alpha value is -8.54. The Bertz CT molecular complexity index is 5660. The minimum absolute atomic E-state index is 0.00516. The maximum Gasteiger partial charge on any atom is 0.0585 e. The van der Waals surface area contributed by atoms with Crippen LogP contribution < -0.4 is 10.2 Å². The molecule has 12 aromatic rings. The van der Waals surface area contributed by atoms with E-state index in [9.17, 15) is 0 Å². The standard InChI is InChI=1S/C52H59ClN2.C28H28ClN.C25H35N/c1-32-25-42-43(51(10,11)24-23-50(42,8)9)31-45(32)54(36-18-16-17-33(26-36)48(2,3)4)37-28-35(53)29-38(30-37)55-44-22-21-34(49(5,6)7)27-40(44)46-47(55)39-19-14-15-20-41(39)52(46,12)13;1-17-13-19(29)16-20(14-17)30-24-12-11-18(27(2,3)4)15-22(24)25-26(30)21-9-7-8-10-23(21)28(25,5)6;1-17-14-20-21(25(7,8)13-12-24(20,5)6)16-22(17)26-19-11-9-10-18(15-19)23(2,3)4/h14-22,25-31H,23-24H2,1-13H3;7-16H,1-6H3;9-11,14-16,26H,12-13H2,1-8H3. The zero-order valence-corrected chi connectivity index (χ0v) is 73.4. The number of anilines is 5. The summed E-state index contributed by atoms with van der Waals surface area (Å²) in [5.41, 5.74) is 37.1. The summed E-state index contributed by atoms with van der Waals surface area (Å²) in [4.78, 5) is 2.47. The van der Waals surface area contributed by atoms with Crippen molar-refractivity contribution < 1.29 is 0 Å². The fraction of sp³-hybridized carbons (Fsp3) is 0.390. The lowest BCUT2D eigenvalue weighted by Crippen LogP contribution is -2.34. The zero-order valence-electron chi connectivity index (χ0n) is 71.9. The van der Waals surface area contributed by atoms with Crippen molar-refractivity contribution >= 4 is 73.4 Å². The van der Waals surface area contributed by atoms with Gasteiger partial charge in [-0.15, -0.1) is 0 Å². The van der Waals surface area contributed by atoms with E-state index < -0.39 is 0 Å². The second kappa shape index (κ2) is 27.4. The Balaban J connectivity index is 0.000000153. The zero-order chi connectivity index (χ0) is 80.4. The first kappa shape index (κ1) is 79.1. The molecule has 10 aromatic carbocycles. The Morgan fingerprint density at radius 3 is 1.23 bits per heavy atom. The number of aromatic nitrogens is 2. The molecular formula is C105H122Cl2N4. The van der Waals surface area contributed by atoms with E-state index in [1.165, 1.54) is 164 Å². The van der Waals surface area contributed by atoms with Gasteiger partial charge in [0.2, 0.25) is 0 Å². The average Bonchev–Trinajstić information content (AvgIpc) is 1.54. The predicted octanol–water partition coefficient (Wildman–Crippen LogP) is 30.9. The van der Waals surface area contributed by atoms with Gasteiger partial charge in [0.1, 0.15) is 0 Å². The van der Waals surface area contributed by atoms with Gasteiger partial charge >= 0.3 is 0 Å². The SMILES string of the molecule is Cc1cc(Cl)cc(-n2c3c(c4cc(C(C)(C)C)ccc42)C(C)(C)c2ccccc2-3)c1.Cc1cc2c(cc1N(c1cc(Cl)cc(-n3c4c(c5cc(C(C)(C)C)ccc53)C(C)(C)c3ccccc3-4)c1)c1cccc(C(C)(C)C)c1)C(C)(C)CCC2(C)C.Cc1cc2c(cc1Nc1cccc(C(C)(C)C)c1)C(C)(C)CCC2(C)C. The van der Waals surface area contributed by atoms with Gasteiger partial charge in [-0.1, -0.05) is 286 Å². The highest BCUT2D eigenvalue weighted by Crippen LogP contribution is 2.58. The number of hydrogen-bond donors (Lipinski definition) is 1. The monoisotopic (exact) mass is 1510 g/mol. The molecule has 4 aliphatic carbocycles. The van der Waals surface area contributed by atoms with E-state index in [1.807, 2.05) is 6.07 Å². The minimum Gasteiger partial charge on any atom is -0.355 e. The van der Waals surface area contributed by atoms with Crippen molar-refractivity contribution in [2.24, 2.45) is 0 Å². The molecule has 0 fully saturated rings. The molecule has 0 saturated carbocycles. The normalized spacial score (nSPS) is 16.6. The number of rotatable bonds is 7. The summed E-state index contributed by atoms with van der Waals surface area (Å²) in [6.07, 6.45) is 4.85. The molecule has 0 bridgehead atoms. The maximum atomic E-state index is 7.33. The molecule has 4 nitrogen and oxygen atoms in total. The van der Waals surface area contributed by atoms with Crippen molar-refractivity contribution in [3.05, 3.63) is 288 Å². The summed E-state index contributed by atoms with van der Waals surface area (Å²) in [6, 6.07) is 72.7. The van der Waals surface area contributed by atoms with Gasteiger partial charge in [0.25, 0.3) is 0 Å². The molecule has 0 saturated heterocycles. The lowest BCUT2D eigenvalue weighted by molar-refractivity contribution is 0.332.